The molecule has 0 bridgehead atoms. The Labute approximate surface area is 93.2 Å². The maximum Gasteiger partial charge on any atom is 0.321 e. The van der Waals surface area contributed by atoms with Crippen LogP contribution in [0.25, 0.3) is 0 Å². The van der Waals surface area contributed by atoms with Gasteiger partial charge in [-0.1, -0.05) is 17.7 Å². The number of carbonyl (C=O) groups excluding carboxylic acids is 2. The van der Waals surface area contributed by atoms with Crippen molar-refractivity contribution in [1.29, 1.82) is 0 Å². The lowest BCUT2D eigenvalue weighted by Crippen LogP contribution is -2.57. The van der Waals surface area contributed by atoms with E-state index in [9.17, 15) is 9.59 Å². The van der Waals surface area contributed by atoms with Crippen molar-refractivity contribution in [3.05, 3.63) is 29.8 Å². The molecule has 5 heteroatoms. The van der Waals surface area contributed by atoms with Crippen LogP contribution in [0, 0.1) is 6.92 Å². The Morgan fingerprint density at radius 3 is 2.56 bits per heavy atom. The van der Waals surface area contributed by atoms with Crippen LogP contribution in [-0.2, 0) is 4.79 Å². The van der Waals surface area contributed by atoms with E-state index in [2.05, 4.69) is 16.0 Å². The Bertz CT molecular complexity index is 414. The molecule has 1 aliphatic rings. The number of nitrogens with one attached hydrogen (secondary N) is 3. The molecule has 2 rings (SSSR count). The highest BCUT2D eigenvalue weighted by Crippen LogP contribution is 2.10. The van der Waals surface area contributed by atoms with Gasteiger partial charge in [-0.2, -0.15) is 0 Å². The summed E-state index contributed by atoms with van der Waals surface area (Å²) < 4.78 is 0. The normalized spacial score (nSPS) is 19.9. The van der Waals surface area contributed by atoms with Crippen LogP contribution in [-0.4, -0.2) is 24.5 Å². The molecule has 3 N–H and O–H groups in total. The van der Waals surface area contributed by atoms with E-state index in [1.807, 2.05) is 31.2 Å². The van der Waals surface area contributed by atoms with Gasteiger partial charge in [0.05, 0.1) is 0 Å². The van der Waals surface area contributed by atoms with Crippen molar-refractivity contribution in [3.63, 3.8) is 0 Å². The zero-order valence-corrected chi connectivity index (χ0v) is 8.91. The average Bonchev–Trinajstić information content (AvgIpc) is 2.25. The highest BCUT2D eigenvalue weighted by atomic mass is 16.2. The first kappa shape index (κ1) is 10.5. The number of anilines is 1. The Hall–Kier alpha value is -2.04. The minimum absolute atomic E-state index is 0.302. The molecule has 84 valence electrons. The highest BCUT2D eigenvalue weighted by Gasteiger charge is 2.25. The van der Waals surface area contributed by atoms with Gasteiger partial charge in [-0.3, -0.25) is 10.1 Å². The monoisotopic (exact) mass is 219 g/mol. The van der Waals surface area contributed by atoms with E-state index in [0.717, 1.165) is 11.3 Å². The molecule has 1 heterocycles. The van der Waals surface area contributed by atoms with Crippen LogP contribution < -0.4 is 16.0 Å². The maximum absolute atomic E-state index is 11.4. The fourth-order valence-corrected chi connectivity index (χ4v) is 1.50. The summed E-state index contributed by atoms with van der Waals surface area (Å²) in [6, 6.07) is 6.87. The molecule has 0 saturated carbocycles. The lowest BCUT2D eigenvalue weighted by molar-refractivity contribution is -0.121. The zero-order valence-electron chi connectivity index (χ0n) is 8.91. The number of urea groups is 1. The number of benzene rings is 1. The fourth-order valence-electron chi connectivity index (χ4n) is 1.50. The van der Waals surface area contributed by atoms with Crippen LogP contribution in [0.15, 0.2) is 24.3 Å². The van der Waals surface area contributed by atoms with Gasteiger partial charge in [-0.25, -0.2) is 4.79 Å². The quantitative estimate of drug-likeness (QED) is 0.682. The van der Waals surface area contributed by atoms with E-state index in [1.54, 1.807) is 0 Å². The summed E-state index contributed by atoms with van der Waals surface area (Å²) >= 11 is 0. The number of hydrogen-bond donors (Lipinski definition) is 3. The summed E-state index contributed by atoms with van der Waals surface area (Å²) in [5.41, 5.74) is 2.02. The molecule has 1 saturated heterocycles. The summed E-state index contributed by atoms with van der Waals surface area (Å²) in [7, 11) is 0. The number of carbonyl (C=O) groups is 2. The molecule has 5 nitrogen and oxygen atoms in total. The number of amides is 3. The van der Waals surface area contributed by atoms with Crippen molar-refractivity contribution < 1.29 is 9.59 Å². The summed E-state index contributed by atoms with van der Waals surface area (Å²) in [5, 5.41) is 7.82. The zero-order chi connectivity index (χ0) is 11.5. The van der Waals surface area contributed by atoms with E-state index in [1.165, 1.54) is 0 Å². The van der Waals surface area contributed by atoms with Gasteiger partial charge in [0.15, 0.2) is 0 Å². The van der Waals surface area contributed by atoms with E-state index >= 15 is 0 Å². The third kappa shape index (κ3) is 2.31. The van der Waals surface area contributed by atoms with Crippen molar-refractivity contribution in [1.82, 2.24) is 10.6 Å². The van der Waals surface area contributed by atoms with Crippen LogP contribution in [0.5, 0.6) is 0 Å². The molecular formula is C11H13N3O2. The van der Waals surface area contributed by atoms with Crippen LogP contribution in [0.4, 0.5) is 10.5 Å². The van der Waals surface area contributed by atoms with Crippen molar-refractivity contribution in [3.8, 4) is 0 Å². The average molecular weight is 219 g/mol. The maximum atomic E-state index is 11.4. The minimum atomic E-state index is -0.438. The van der Waals surface area contributed by atoms with E-state index in [4.69, 9.17) is 0 Å². The largest absolute Gasteiger partial charge is 0.372 e. The van der Waals surface area contributed by atoms with Crippen LogP contribution in [0.1, 0.15) is 5.56 Å². The Kier molecular flexibility index (Phi) is 2.76. The van der Waals surface area contributed by atoms with Gasteiger partial charge in [-0.15, -0.1) is 0 Å². The highest BCUT2D eigenvalue weighted by molar-refractivity contribution is 6.00. The lowest BCUT2D eigenvalue weighted by Gasteiger charge is -2.23. The molecule has 1 fully saturated rings. The molecule has 3 amide bonds. The molecule has 1 aromatic rings. The molecule has 0 unspecified atom stereocenters. The minimum Gasteiger partial charge on any atom is -0.372 e. The second-order valence-electron chi connectivity index (χ2n) is 3.76. The standard InChI is InChI=1S/C11H13N3O2/c1-7-2-4-8(5-3-7)13-9-6-12-11(16)14-10(9)15/h2-5,9,13H,6H2,1H3,(H2,12,14,15,16)/t9-/m0/s1. The van der Waals surface area contributed by atoms with Gasteiger partial charge in [-0.05, 0) is 19.1 Å². The molecule has 0 aromatic heterocycles. The third-order valence-corrected chi connectivity index (χ3v) is 2.41. The van der Waals surface area contributed by atoms with Gasteiger partial charge in [0, 0.05) is 12.2 Å². The van der Waals surface area contributed by atoms with E-state index in [-0.39, 0.29) is 5.91 Å². The molecule has 0 radical (unpaired) electrons. The first-order chi connectivity index (χ1) is 7.65. The molecule has 1 aliphatic heterocycles. The predicted octanol–water partition coefficient (Wildman–Crippen LogP) is 0.615. The van der Waals surface area contributed by atoms with Crippen molar-refractivity contribution in [2.45, 2.75) is 13.0 Å². The van der Waals surface area contributed by atoms with Crippen LogP contribution in [0.2, 0.25) is 0 Å². The van der Waals surface area contributed by atoms with Gasteiger partial charge >= 0.3 is 6.03 Å². The smallest absolute Gasteiger partial charge is 0.321 e. The van der Waals surface area contributed by atoms with E-state index < -0.39 is 12.1 Å². The second kappa shape index (κ2) is 4.22. The second-order valence-corrected chi connectivity index (χ2v) is 3.76. The summed E-state index contributed by atoms with van der Waals surface area (Å²) in [4.78, 5) is 22.3. The van der Waals surface area contributed by atoms with E-state index in [0.29, 0.717) is 6.54 Å². The summed E-state index contributed by atoms with van der Waals surface area (Å²) in [6.07, 6.45) is 0. The molecular weight excluding hydrogens is 206 g/mol. The van der Waals surface area contributed by atoms with Crippen molar-refractivity contribution in [2.24, 2.45) is 0 Å². The van der Waals surface area contributed by atoms with Gasteiger partial charge in [0.1, 0.15) is 6.04 Å². The Morgan fingerprint density at radius 2 is 1.94 bits per heavy atom. The Morgan fingerprint density at radius 1 is 1.25 bits per heavy atom. The van der Waals surface area contributed by atoms with Crippen LogP contribution in [0.3, 0.4) is 0 Å². The Balaban J connectivity index is 2.02. The summed E-state index contributed by atoms with van der Waals surface area (Å²) in [5.74, 6) is -0.302. The number of hydrogen-bond acceptors (Lipinski definition) is 3. The van der Waals surface area contributed by atoms with Crippen molar-refractivity contribution in [2.75, 3.05) is 11.9 Å². The van der Waals surface area contributed by atoms with Gasteiger partial charge in [0.25, 0.3) is 5.91 Å². The molecule has 1 aromatic carbocycles. The van der Waals surface area contributed by atoms with Gasteiger partial charge < -0.3 is 10.6 Å². The first-order valence-corrected chi connectivity index (χ1v) is 5.07. The fraction of sp³-hybridized carbons (Fsp3) is 0.273. The molecule has 0 spiro atoms. The molecule has 1 atom stereocenters. The van der Waals surface area contributed by atoms with Crippen LogP contribution >= 0.6 is 0 Å². The van der Waals surface area contributed by atoms with Crippen molar-refractivity contribution >= 4 is 17.6 Å². The third-order valence-electron chi connectivity index (χ3n) is 2.41. The number of aryl methyl sites for hydroxylation is 1. The predicted molar refractivity (Wildman–Crippen MR) is 60.1 cm³/mol. The number of imide groups is 1. The SMILES string of the molecule is Cc1ccc(N[C@H]2CNC(=O)NC2=O)cc1. The molecule has 16 heavy (non-hydrogen) atoms. The lowest BCUT2D eigenvalue weighted by atomic mass is 10.2. The van der Waals surface area contributed by atoms with Gasteiger partial charge in [0.2, 0.25) is 0 Å². The topological polar surface area (TPSA) is 70.2 Å². The summed E-state index contributed by atoms with van der Waals surface area (Å²) in [6.45, 7) is 2.30. The molecule has 0 aliphatic carbocycles. The first-order valence-electron chi connectivity index (χ1n) is 5.07. The number of rotatable bonds is 2.